The smallest absolute Gasteiger partial charge is 0.264 e. The summed E-state index contributed by atoms with van der Waals surface area (Å²) in [7, 11) is -4.31. The van der Waals surface area contributed by atoms with Gasteiger partial charge in [-0.25, -0.2) is 12.8 Å². The van der Waals surface area contributed by atoms with Gasteiger partial charge in [-0.15, -0.1) is 0 Å². The van der Waals surface area contributed by atoms with Gasteiger partial charge in [0.2, 0.25) is 11.8 Å². The molecule has 1 atom stereocenters. The molecule has 41 heavy (non-hydrogen) atoms. The van der Waals surface area contributed by atoms with Crippen LogP contribution < -0.4 is 14.4 Å². The van der Waals surface area contributed by atoms with E-state index in [9.17, 15) is 22.4 Å². The van der Waals surface area contributed by atoms with Gasteiger partial charge in [-0.05, 0) is 86.0 Å². The Morgan fingerprint density at radius 3 is 2.12 bits per heavy atom. The van der Waals surface area contributed by atoms with Gasteiger partial charge in [-0.3, -0.25) is 13.9 Å². The van der Waals surface area contributed by atoms with E-state index < -0.39 is 34.3 Å². The molecular weight excluding hydrogens is 569 g/mol. The van der Waals surface area contributed by atoms with E-state index in [2.05, 4.69) is 5.32 Å². The van der Waals surface area contributed by atoms with E-state index in [1.807, 2.05) is 20.8 Å². The average molecular weight is 604 g/mol. The molecule has 0 aromatic heterocycles. The molecule has 3 aromatic rings. The van der Waals surface area contributed by atoms with Gasteiger partial charge in [-0.1, -0.05) is 37.6 Å². The van der Waals surface area contributed by atoms with Gasteiger partial charge in [0.15, 0.2) is 0 Å². The molecule has 3 rings (SSSR count). The molecule has 0 aliphatic heterocycles. The fourth-order valence-corrected chi connectivity index (χ4v) is 5.50. The molecule has 0 spiro atoms. The quantitative estimate of drug-likeness (QED) is 0.287. The fourth-order valence-electron chi connectivity index (χ4n) is 3.96. The predicted molar refractivity (Wildman–Crippen MR) is 158 cm³/mol. The Kier molecular flexibility index (Phi) is 11.1. The second-order valence-corrected chi connectivity index (χ2v) is 12.2. The van der Waals surface area contributed by atoms with Gasteiger partial charge in [-0.2, -0.15) is 0 Å². The van der Waals surface area contributed by atoms with Crippen LogP contribution in [-0.2, 0) is 26.2 Å². The summed E-state index contributed by atoms with van der Waals surface area (Å²) in [6.45, 7) is 7.61. The number of carbonyl (C=O) groups is 2. The van der Waals surface area contributed by atoms with Crippen LogP contribution in [0.25, 0.3) is 0 Å². The van der Waals surface area contributed by atoms with E-state index in [0.717, 1.165) is 28.6 Å². The molecule has 0 bridgehead atoms. The molecule has 0 saturated carbocycles. The maximum atomic E-state index is 13.9. The van der Waals surface area contributed by atoms with Gasteiger partial charge in [0, 0.05) is 18.1 Å². The molecule has 0 aliphatic carbocycles. The minimum Gasteiger partial charge on any atom is -0.494 e. The lowest BCUT2D eigenvalue weighted by molar-refractivity contribution is -0.139. The molecule has 0 radical (unpaired) electrons. The van der Waals surface area contributed by atoms with Gasteiger partial charge in [0.1, 0.15) is 24.2 Å². The molecule has 0 saturated heterocycles. The Morgan fingerprint density at radius 2 is 1.56 bits per heavy atom. The molecule has 2 amide bonds. The molecular formula is C30H35ClFN3O5S. The van der Waals surface area contributed by atoms with E-state index in [1.165, 1.54) is 17.0 Å². The van der Waals surface area contributed by atoms with Crippen molar-refractivity contribution >= 4 is 39.1 Å². The minimum absolute atomic E-state index is 0.0416. The first kappa shape index (κ1) is 31.9. The van der Waals surface area contributed by atoms with Crippen LogP contribution in [0.2, 0.25) is 5.02 Å². The first-order chi connectivity index (χ1) is 19.4. The van der Waals surface area contributed by atoms with Crippen LogP contribution in [0.1, 0.15) is 33.3 Å². The Bertz CT molecular complexity index is 1420. The lowest BCUT2D eigenvalue weighted by Gasteiger charge is -2.32. The van der Waals surface area contributed by atoms with E-state index in [0.29, 0.717) is 29.5 Å². The van der Waals surface area contributed by atoms with Crippen LogP contribution >= 0.6 is 11.6 Å². The molecule has 11 heteroatoms. The molecule has 0 fully saturated rings. The minimum atomic E-state index is -4.31. The zero-order valence-electron chi connectivity index (χ0n) is 23.5. The number of nitrogens with one attached hydrogen (secondary N) is 1. The number of hydrogen-bond donors (Lipinski definition) is 1. The first-order valence-corrected chi connectivity index (χ1v) is 15.1. The Balaban J connectivity index is 2.01. The number of carbonyl (C=O) groups excluding carboxylic acids is 2. The third-order valence-electron chi connectivity index (χ3n) is 6.23. The zero-order chi connectivity index (χ0) is 30.2. The zero-order valence-corrected chi connectivity index (χ0v) is 25.1. The maximum Gasteiger partial charge on any atom is 0.264 e. The summed E-state index contributed by atoms with van der Waals surface area (Å²) in [4.78, 5) is 28.1. The predicted octanol–water partition coefficient (Wildman–Crippen LogP) is 5.26. The van der Waals surface area contributed by atoms with E-state index >= 15 is 0 Å². The second-order valence-electron chi connectivity index (χ2n) is 9.86. The number of halogens is 2. The van der Waals surface area contributed by atoms with Crippen molar-refractivity contribution in [1.29, 1.82) is 0 Å². The van der Waals surface area contributed by atoms with Crippen molar-refractivity contribution in [2.45, 2.75) is 45.2 Å². The normalized spacial score (nSPS) is 12.1. The fraction of sp³-hybridized carbons (Fsp3) is 0.333. The lowest BCUT2D eigenvalue weighted by atomic mass is 10.1. The molecule has 3 aromatic carbocycles. The van der Waals surface area contributed by atoms with Crippen LogP contribution in [-0.4, -0.2) is 50.9 Å². The van der Waals surface area contributed by atoms with Crippen LogP contribution in [0.3, 0.4) is 0 Å². The largest absolute Gasteiger partial charge is 0.494 e. The SMILES string of the molecule is CCOc1ccc(N(CC(=O)N(Cc2ccc(Cl)cc2)[C@@H](C)C(=O)NCC(C)C)S(=O)(=O)c2ccc(F)cc2)cc1. The van der Waals surface area contributed by atoms with Crippen molar-refractivity contribution in [3.63, 3.8) is 0 Å². The number of sulfonamides is 1. The molecule has 8 nitrogen and oxygen atoms in total. The Hall–Kier alpha value is -3.63. The molecule has 0 unspecified atom stereocenters. The summed E-state index contributed by atoms with van der Waals surface area (Å²) < 4.78 is 47.6. The summed E-state index contributed by atoms with van der Waals surface area (Å²) in [5, 5.41) is 3.36. The van der Waals surface area contributed by atoms with Crippen LogP contribution in [0.5, 0.6) is 5.75 Å². The second kappa shape index (κ2) is 14.3. The molecule has 0 heterocycles. The lowest BCUT2D eigenvalue weighted by Crippen LogP contribution is -2.51. The number of nitrogens with zero attached hydrogens (tertiary/aromatic N) is 2. The van der Waals surface area contributed by atoms with Crippen LogP contribution in [0, 0.1) is 11.7 Å². The number of amides is 2. The van der Waals surface area contributed by atoms with E-state index in [4.69, 9.17) is 16.3 Å². The van der Waals surface area contributed by atoms with Gasteiger partial charge in [0.05, 0.1) is 17.2 Å². The Morgan fingerprint density at radius 1 is 0.951 bits per heavy atom. The number of benzene rings is 3. The molecule has 0 aliphatic rings. The topological polar surface area (TPSA) is 96.0 Å². The van der Waals surface area contributed by atoms with Gasteiger partial charge < -0.3 is 15.0 Å². The van der Waals surface area contributed by atoms with Crippen LogP contribution in [0.15, 0.2) is 77.7 Å². The molecule has 1 N–H and O–H groups in total. The van der Waals surface area contributed by atoms with Crippen molar-refractivity contribution < 1.29 is 27.1 Å². The van der Waals surface area contributed by atoms with Crippen LogP contribution in [0.4, 0.5) is 10.1 Å². The Labute approximate surface area is 246 Å². The van der Waals surface area contributed by atoms with Gasteiger partial charge in [0.25, 0.3) is 10.0 Å². The highest BCUT2D eigenvalue weighted by Gasteiger charge is 2.32. The maximum absolute atomic E-state index is 13.9. The molecule has 220 valence electrons. The van der Waals surface area contributed by atoms with Crippen molar-refractivity contribution in [2.24, 2.45) is 5.92 Å². The van der Waals surface area contributed by atoms with Crippen molar-refractivity contribution in [3.8, 4) is 5.75 Å². The number of rotatable bonds is 13. The van der Waals surface area contributed by atoms with Gasteiger partial charge >= 0.3 is 0 Å². The highest BCUT2D eigenvalue weighted by atomic mass is 35.5. The summed E-state index contributed by atoms with van der Waals surface area (Å²) in [6.07, 6.45) is 0. The van der Waals surface area contributed by atoms with E-state index in [-0.39, 0.29) is 29.0 Å². The average Bonchev–Trinajstić information content (AvgIpc) is 2.94. The number of ether oxygens (including phenoxy) is 1. The highest BCUT2D eigenvalue weighted by Crippen LogP contribution is 2.27. The highest BCUT2D eigenvalue weighted by molar-refractivity contribution is 7.92. The third-order valence-corrected chi connectivity index (χ3v) is 8.27. The first-order valence-electron chi connectivity index (χ1n) is 13.2. The third kappa shape index (κ3) is 8.68. The number of anilines is 1. The standard InChI is InChI=1S/C30H35ClFN3O5S/c1-5-40-27-14-12-26(13-15-27)35(41(38,39)28-16-10-25(32)11-17-28)20-29(36)34(19-23-6-8-24(31)9-7-23)22(4)30(37)33-18-21(2)3/h6-17,21-22H,5,18-20H2,1-4H3,(H,33,37)/t22-/m0/s1. The summed E-state index contributed by atoms with van der Waals surface area (Å²) >= 11 is 6.03. The van der Waals surface area contributed by atoms with E-state index in [1.54, 1.807) is 43.3 Å². The summed E-state index contributed by atoms with van der Waals surface area (Å²) in [5.74, 6) is -0.839. The van der Waals surface area contributed by atoms with Crippen molar-refractivity contribution in [3.05, 3.63) is 89.2 Å². The number of hydrogen-bond acceptors (Lipinski definition) is 5. The van der Waals surface area contributed by atoms with Crippen molar-refractivity contribution in [2.75, 3.05) is 24.0 Å². The summed E-state index contributed by atoms with van der Waals surface area (Å²) in [6, 6.07) is 16.5. The monoisotopic (exact) mass is 603 g/mol. The van der Waals surface area contributed by atoms with Crippen molar-refractivity contribution in [1.82, 2.24) is 10.2 Å². The summed E-state index contributed by atoms with van der Waals surface area (Å²) in [5.41, 5.74) is 0.912.